The number of carbonyl (C=O) groups is 1. The van der Waals surface area contributed by atoms with E-state index in [1.165, 1.54) is 23.9 Å². The van der Waals surface area contributed by atoms with E-state index in [4.69, 9.17) is 4.74 Å². The minimum atomic E-state index is -0.750. The number of thioether (sulfide) groups is 1. The number of nitrogens with one attached hydrogen (secondary N) is 1. The molecule has 1 N–H and O–H groups in total. The van der Waals surface area contributed by atoms with Crippen LogP contribution in [0.25, 0.3) is 5.69 Å². The molecule has 0 aliphatic carbocycles. The van der Waals surface area contributed by atoms with Gasteiger partial charge in [-0.25, -0.2) is 0 Å². The highest BCUT2D eigenvalue weighted by molar-refractivity contribution is 8.00. The SMILES string of the molecule is COc1ccccc1-n1cnnc1SC(C(=O)Nc1ccc(C)cc1[N+](=O)[O-])c1ccccc1. The standard InChI is InChI=1S/C24H21N5O4S/c1-16-12-13-18(20(14-16)29(31)32)26-23(30)22(17-8-4-3-5-9-17)34-24-27-25-15-28(24)19-10-6-7-11-21(19)33-2/h3-15,22H,1-2H3,(H,26,30). The summed E-state index contributed by atoms with van der Waals surface area (Å²) in [7, 11) is 1.57. The quantitative estimate of drug-likeness (QED) is 0.218. The molecule has 1 amide bonds. The summed E-state index contributed by atoms with van der Waals surface area (Å²) in [6.45, 7) is 1.76. The van der Waals surface area contributed by atoms with E-state index in [-0.39, 0.29) is 11.4 Å². The summed E-state index contributed by atoms with van der Waals surface area (Å²) in [5.41, 5.74) is 2.13. The van der Waals surface area contributed by atoms with Gasteiger partial charge in [0.2, 0.25) is 5.91 Å². The maximum atomic E-state index is 13.4. The molecule has 0 fully saturated rings. The fourth-order valence-electron chi connectivity index (χ4n) is 3.40. The first-order chi connectivity index (χ1) is 16.5. The van der Waals surface area contributed by atoms with Crippen molar-refractivity contribution >= 4 is 29.0 Å². The number of aryl methyl sites for hydroxylation is 1. The van der Waals surface area contributed by atoms with Gasteiger partial charge in [0.1, 0.15) is 23.0 Å². The third kappa shape index (κ3) is 4.91. The fourth-order valence-corrected chi connectivity index (χ4v) is 4.43. The van der Waals surface area contributed by atoms with Crippen LogP contribution in [-0.2, 0) is 4.79 Å². The molecule has 1 aromatic heterocycles. The Labute approximate surface area is 199 Å². The number of anilines is 1. The van der Waals surface area contributed by atoms with E-state index in [1.807, 2.05) is 54.6 Å². The highest BCUT2D eigenvalue weighted by Crippen LogP contribution is 2.38. The van der Waals surface area contributed by atoms with Gasteiger partial charge in [-0.3, -0.25) is 19.5 Å². The molecule has 4 rings (SSSR count). The van der Waals surface area contributed by atoms with E-state index in [9.17, 15) is 14.9 Å². The van der Waals surface area contributed by atoms with Gasteiger partial charge in [0.15, 0.2) is 5.16 Å². The number of para-hydroxylation sites is 2. The molecule has 172 valence electrons. The first kappa shape index (κ1) is 23.0. The molecule has 0 aliphatic rings. The largest absolute Gasteiger partial charge is 0.495 e. The average Bonchev–Trinajstić information content (AvgIpc) is 3.32. The summed E-state index contributed by atoms with van der Waals surface area (Å²) in [6.07, 6.45) is 1.55. The zero-order chi connectivity index (χ0) is 24.1. The lowest BCUT2D eigenvalue weighted by Gasteiger charge is -2.18. The lowest BCUT2D eigenvalue weighted by Crippen LogP contribution is -2.20. The second-order valence-corrected chi connectivity index (χ2v) is 8.40. The van der Waals surface area contributed by atoms with Crippen molar-refractivity contribution < 1.29 is 14.5 Å². The Bertz CT molecular complexity index is 1330. The van der Waals surface area contributed by atoms with Gasteiger partial charge < -0.3 is 10.1 Å². The molecule has 4 aromatic rings. The van der Waals surface area contributed by atoms with Crippen molar-refractivity contribution in [1.82, 2.24) is 14.8 Å². The molecule has 0 spiro atoms. The van der Waals surface area contributed by atoms with E-state index < -0.39 is 16.1 Å². The number of amides is 1. The molecule has 0 bridgehead atoms. The molecule has 0 radical (unpaired) electrons. The minimum Gasteiger partial charge on any atom is -0.495 e. The number of benzene rings is 3. The Morgan fingerprint density at radius 3 is 2.59 bits per heavy atom. The molecule has 34 heavy (non-hydrogen) atoms. The molecule has 10 heteroatoms. The van der Waals surface area contributed by atoms with Crippen molar-refractivity contribution in [2.24, 2.45) is 0 Å². The molecule has 1 heterocycles. The lowest BCUT2D eigenvalue weighted by atomic mass is 10.1. The van der Waals surface area contributed by atoms with Crippen molar-refractivity contribution in [3.05, 3.63) is 100 Å². The normalized spacial score (nSPS) is 11.6. The second kappa shape index (κ2) is 10.2. The number of carbonyl (C=O) groups excluding carboxylic acids is 1. The molecule has 9 nitrogen and oxygen atoms in total. The number of nitrogens with zero attached hydrogens (tertiary/aromatic N) is 4. The predicted octanol–water partition coefficient (Wildman–Crippen LogP) is 4.96. The van der Waals surface area contributed by atoms with E-state index in [2.05, 4.69) is 15.5 Å². The molecule has 0 saturated heterocycles. The Kier molecular flexibility index (Phi) is 6.88. The zero-order valence-electron chi connectivity index (χ0n) is 18.4. The molecular formula is C24H21N5O4S. The van der Waals surface area contributed by atoms with E-state index in [0.29, 0.717) is 16.5 Å². The predicted molar refractivity (Wildman–Crippen MR) is 129 cm³/mol. The smallest absolute Gasteiger partial charge is 0.293 e. The van der Waals surface area contributed by atoms with Crippen LogP contribution >= 0.6 is 11.8 Å². The highest BCUT2D eigenvalue weighted by atomic mass is 32.2. The highest BCUT2D eigenvalue weighted by Gasteiger charge is 2.27. The van der Waals surface area contributed by atoms with Gasteiger partial charge in [0.25, 0.3) is 5.69 Å². The van der Waals surface area contributed by atoms with Gasteiger partial charge in [-0.1, -0.05) is 60.3 Å². The van der Waals surface area contributed by atoms with Crippen molar-refractivity contribution in [3.8, 4) is 11.4 Å². The van der Waals surface area contributed by atoms with Crippen LogP contribution in [0.3, 0.4) is 0 Å². The molecule has 0 aliphatic heterocycles. The lowest BCUT2D eigenvalue weighted by molar-refractivity contribution is -0.384. The van der Waals surface area contributed by atoms with Gasteiger partial charge in [-0.15, -0.1) is 10.2 Å². The van der Waals surface area contributed by atoms with E-state index >= 15 is 0 Å². The van der Waals surface area contributed by atoms with Gasteiger partial charge in [-0.05, 0) is 36.2 Å². The maximum Gasteiger partial charge on any atom is 0.293 e. The van der Waals surface area contributed by atoms with Crippen LogP contribution in [0.4, 0.5) is 11.4 Å². The minimum absolute atomic E-state index is 0.133. The van der Waals surface area contributed by atoms with Crippen molar-refractivity contribution in [2.45, 2.75) is 17.3 Å². The monoisotopic (exact) mass is 475 g/mol. The van der Waals surface area contributed by atoms with Crippen LogP contribution in [0.1, 0.15) is 16.4 Å². The van der Waals surface area contributed by atoms with Gasteiger partial charge in [0, 0.05) is 6.07 Å². The van der Waals surface area contributed by atoms with E-state index in [0.717, 1.165) is 11.3 Å². The number of hydrogen-bond donors (Lipinski definition) is 1. The number of rotatable bonds is 8. The van der Waals surface area contributed by atoms with E-state index in [1.54, 1.807) is 31.0 Å². The molecular weight excluding hydrogens is 454 g/mol. The summed E-state index contributed by atoms with van der Waals surface area (Å²) >= 11 is 1.19. The average molecular weight is 476 g/mol. The number of aromatic nitrogens is 3. The Morgan fingerprint density at radius 1 is 1.12 bits per heavy atom. The Morgan fingerprint density at radius 2 is 1.85 bits per heavy atom. The van der Waals surface area contributed by atoms with Crippen LogP contribution in [0, 0.1) is 17.0 Å². The Balaban J connectivity index is 1.69. The number of hydrogen-bond acceptors (Lipinski definition) is 7. The Hall–Kier alpha value is -4.18. The van der Waals surface area contributed by atoms with Crippen LogP contribution in [0.15, 0.2) is 84.3 Å². The summed E-state index contributed by atoms with van der Waals surface area (Å²) in [6, 6.07) is 21.2. The fraction of sp³-hybridized carbons (Fsp3) is 0.125. The van der Waals surface area contributed by atoms with Crippen LogP contribution < -0.4 is 10.1 Å². The van der Waals surface area contributed by atoms with Crippen LogP contribution in [0.5, 0.6) is 5.75 Å². The number of nitro groups is 1. The first-order valence-corrected chi connectivity index (χ1v) is 11.2. The topological polar surface area (TPSA) is 112 Å². The van der Waals surface area contributed by atoms with Crippen molar-refractivity contribution in [1.29, 1.82) is 0 Å². The summed E-state index contributed by atoms with van der Waals surface area (Å²) in [5.74, 6) is 0.206. The third-order valence-electron chi connectivity index (χ3n) is 5.03. The molecule has 0 saturated carbocycles. The van der Waals surface area contributed by atoms with Gasteiger partial charge >= 0.3 is 0 Å². The van der Waals surface area contributed by atoms with Gasteiger partial charge in [0.05, 0.1) is 17.7 Å². The third-order valence-corrected chi connectivity index (χ3v) is 6.24. The summed E-state index contributed by atoms with van der Waals surface area (Å²) < 4.78 is 7.19. The van der Waals surface area contributed by atoms with Crippen LogP contribution in [-0.4, -0.2) is 32.7 Å². The second-order valence-electron chi connectivity index (χ2n) is 7.33. The maximum absolute atomic E-state index is 13.4. The number of methoxy groups -OCH3 is 1. The zero-order valence-corrected chi connectivity index (χ0v) is 19.2. The summed E-state index contributed by atoms with van der Waals surface area (Å²) in [4.78, 5) is 24.5. The number of ether oxygens (including phenoxy) is 1. The number of nitro benzene ring substituents is 1. The molecule has 1 unspecified atom stereocenters. The first-order valence-electron chi connectivity index (χ1n) is 10.3. The van der Waals surface area contributed by atoms with Gasteiger partial charge in [-0.2, -0.15) is 0 Å². The molecule has 3 aromatic carbocycles. The summed E-state index contributed by atoms with van der Waals surface area (Å²) in [5, 5.41) is 22.2. The van der Waals surface area contributed by atoms with Crippen molar-refractivity contribution in [3.63, 3.8) is 0 Å². The molecule has 1 atom stereocenters. The van der Waals surface area contributed by atoms with Crippen LogP contribution in [0.2, 0.25) is 0 Å². The van der Waals surface area contributed by atoms with Crippen molar-refractivity contribution in [2.75, 3.05) is 12.4 Å².